The summed E-state index contributed by atoms with van der Waals surface area (Å²) in [6.45, 7) is 5.74. The van der Waals surface area contributed by atoms with E-state index in [0.29, 0.717) is 5.69 Å². The Kier molecular flexibility index (Phi) is 2.63. The summed E-state index contributed by atoms with van der Waals surface area (Å²) < 4.78 is 6.88. The van der Waals surface area contributed by atoms with Crippen molar-refractivity contribution in [2.24, 2.45) is 11.8 Å². The summed E-state index contributed by atoms with van der Waals surface area (Å²) in [4.78, 5) is 27.1. The zero-order valence-electron chi connectivity index (χ0n) is 12.6. The van der Waals surface area contributed by atoms with Gasteiger partial charge in [0.2, 0.25) is 11.8 Å². The number of fused-ring (bicyclic) bond motifs is 5. The van der Waals surface area contributed by atoms with Crippen molar-refractivity contribution in [2.45, 2.75) is 32.0 Å². The van der Waals surface area contributed by atoms with Gasteiger partial charge in [-0.2, -0.15) is 0 Å². The molecule has 4 nitrogen and oxygen atoms in total. The molecular formula is C17H16BrNO3. The Morgan fingerprint density at radius 1 is 1.09 bits per heavy atom. The van der Waals surface area contributed by atoms with Crippen LogP contribution in [0.4, 0.5) is 5.69 Å². The van der Waals surface area contributed by atoms with Crippen molar-refractivity contribution >= 4 is 33.4 Å². The first-order valence-electron chi connectivity index (χ1n) is 7.31. The SMILES string of the molecule is Cc1ccc(N2C(=O)[C@H]3[C@H](C2=O)[C@@]2(C)C=C[C@@]3(C)O2)cc1Br. The van der Waals surface area contributed by atoms with Crippen molar-refractivity contribution in [3.63, 3.8) is 0 Å². The van der Waals surface area contributed by atoms with Crippen LogP contribution in [0, 0.1) is 18.8 Å². The van der Waals surface area contributed by atoms with Gasteiger partial charge in [0.1, 0.15) is 0 Å². The largest absolute Gasteiger partial charge is 0.359 e. The zero-order valence-corrected chi connectivity index (χ0v) is 14.2. The highest BCUT2D eigenvalue weighted by Gasteiger charge is 2.70. The van der Waals surface area contributed by atoms with Crippen LogP contribution < -0.4 is 4.90 Å². The fourth-order valence-electron chi connectivity index (χ4n) is 4.01. The maximum Gasteiger partial charge on any atom is 0.241 e. The van der Waals surface area contributed by atoms with E-state index in [1.165, 1.54) is 4.90 Å². The third kappa shape index (κ3) is 1.56. The number of rotatable bonds is 1. The van der Waals surface area contributed by atoms with E-state index in [0.717, 1.165) is 10.0 Å². The quantitative estimate of drug-likeness (QED) is 0.570. The molecule has 2 amide bonds. The van der Waals surface area contributed by atoms with E-state index in [-0.39, 0.29) is 11.8 Å². The van der Waals surface area contributed by atoms with Gasteiger partial charge in [-0.05, 0) is 38.5 Å². The number of carbonyl (C=O) groups excluding carboxylic acids is 2. The normalized spacial score (nSPS) is 39.0. The highest BCUT2D eigenvalue weighted by molar-refractivity contribution is 9.10. The van der Waals surface area contributed by atoms with Crippen molar-refractivity contribution in [3.05, 3.63) is 40.4 Å². The van der Waals surface area contributed by atoms with Gasteiger partial charge < -0.3 is 4.74 Å². The number of amides is 2. The molecule has 0 unspecified atom stereocenters. The molecule has 0 radical (unpaired) electrons. The van der Waals surface area contributed by atoms with E-state index in [1.807, 2.05) is 51.1 Å². The number of anilines is 1. The molecule has 5 heteroatoms. The van der Waals surface area contributed by atoms with Gasteiger partial charge in [-0.1, -0.05) is 34.1 Å². The summed E-state index contributed by atoms with van der Waals surface area (Å²) in [5.41, 5.74) is 0.326. The standard InChI is InChI=1S/C17H16BrNO3/c1-9-4-5-10(8-11(9)18)19-14(20)12-13(15(19)21)17(3)7-6-16(12,2)22-17/h4-8,12-13H,1-3H3/t12-,13-,16-,17-/m1/s1. The molecule has 2 saturated heterocycles. The van der Waals surface area contributed by atoms with Crippen LogP contribution in [0.2, 0.25) is 0 Å². The second kappa shape index (κ2) is 4.09. The molecule has 22 heavy (non-hydrogen) atoms. The first kappa shape index (κ1) is 14.2. The molecule has 114 valence electrons. The number of benzene rings is 1. The predicted octanol–water partition coefficient (Wildman–Crippen LogP) is 2.98. The van der Waals surface area contributed by atoms with Gasteiger partial charge in [0, 0.05) is 4.47 Å². The maximum absolute atomic E-state index is 12.9. The average molecular weight is 362 g/mol. The number of ether oxygens (including phenoxy) is 1. The molecule has 1 aromatic carbocycles. The van der Waals surface area contributed by atoms with Gasteiger partial charge in [-0.3, -0.25) is 9.59 Å². The first-order valence-corrected chi connectivity index (χ1v) is 8.11. The van der Waals surface area contributed by atoms with E-state index in [4.69, 9.17) is 4.74 Å². The Morgan fingerprint density at radius 2 is 1.64 bits per heavy atom. The minimum Gasteiger partial charge on any atom is -0.359 e. The number of hydrogen-bond acceptors (Lipinski definition) is 3. The zero-order chi connectivity index (χ0) is 15.9. The van der Waals surface area contributed by atoms with Gasteiger partial charge in [-0.15, -0.1) is 0 Å². The van der Waals surface area contributed by atoms with Crippen molar-refractivity contribution in [2.75, 3.05) is 4.90 Å². The molecule has 0 spiro atoms. The Morgan fingerprint density at radius 3 is 2.14 bits per heavy atom. The van der Waals surface area contributed by atoms with Crippen LogP contribution in [0.5, 0.6) is 0 Å². The molecule has 0 aliphatic carbocycles. The number of aryl methyl sites for hydroxylation is 1. The fraction of sp³-hybridized carbons (Fsp3) is 0.412. The first-order chi connectivity index (χ1) is 10.3. The lowest BCUT2D eigenvalue weighted by atomic mass is 9.73. The predicted molar refractivity (Wildman–Crippen MR) is 85.4 cm³/mol. The highest BCUT2D eigenvalue weighted by Crippen LogP contribution is 2.57. The minimum atomic E-state index is -0.678. The summed E-state index contributed by atoms with van der Waals surface area (Å²) in [7, 11) is 0. The van der Waals surface area contributed by atoms with Gasteiger partial charge in [0.25, 0.3) is 0 Å². The minimum absolute atomic E-state index is 0.165. The summed E-state index contributed by atoms with van der Waals surface area (Å²) in [5, 5.41) is 0. The summed E-state index contributed by atoms with van der Waals surface area (Å²) >= 11 is 3.47. The topological polar surface area (TPSA) is 46.6 Å². The van der Waals surface area contributed by atoms with Gasteiger partial charge in [0.15, 0.2) is 0 Å². The average Bonchev–Trinajstić information content (AvgIpc) is 2.99. The second-order valence-electron chi connectivity index (χ2n) is 6.70. The summed E-state index contributed by atoms with van der Waals surface area (Å²) in [5.74, 6) is -1.20. The smallest absolute Gasteiger partial charge is 0.241 e. The van der Waals surface area contributed by atoms with Crippen LogP contribution in [0.25, 0.3) is 0 Å². The van der Waals surface area contributed by atoms with Crippen molar-refractivity contribution in [3.8, 4) is 0 Å². The second-order valence-corrected chi connectivity index (χ2v) is 7.56. The third-order valence-corrected chi connectivity index (χ3v) is 5.99. The Balaban J connectivity index is 1.81. The molecule has 4 rings (SSSR count). The van der Waals surface area contributed by atoms with E-state index >= 15 is 0 Å². The van der Waals surface area contributed by atoms with Crippen LogP contribution in [-0.4, -0.2) is 23.0 Å². The number of hydrogen-bond donors (Lipinski definition) is 0. The van der Waals surface area contributed by atoms with Gasteiger partial charge >= 0.3 is 0 Å². The Hall–Kier alpha value is -1.46. The molecule has 0 N–H and O–H groups in total. The van der Waals surface area contributed by atoms with Crippen LogP contribution in [0.1, 0.15) is 19.4 Å². The van der Waals surface area contributed by atoms with Gasteiger partial charge in [-0.25, -0.2) is 4.90 Å². The molecule has 2 bridgehead atoms. The van der Waals surface area contributed by atoms with Crippen molar-refractivity contribution in [1.29, 1.82) is 0 Å². The van der Waals surface area contributed by atoms with Crippen LogP contribution in [-0.2, 0) is 14.3 Å². The lowest BCUT2D eigenvalue weighted by Gasteiger charge is -2.25. The summed E-state index contributed by atoms with van der Waals surface area (Å²) in [6.07, 6.45) is 3.85. The van der Waals surface area contributed by atoms with Crippen LogP contribution in [0.15, 0.2) is 34.8 Å². The number of carbonyl (C=O) groups is 2. The molecule has 0 aromatic heterocycles. The van der Waals surface area contributed by atoms with Crippen molar-refractivity contribution < 1.29 is 14.3 Å². The monoisotopic (exact) mass is 361 g/mol. The number of halogens is 1. The molecule has 3 aliphatic rings. The fourth-order valence-corrected chi connectivity index (χ4v) is 4.37. The van der Waals surface area contributed by atoms with E-state index in [9.17, 15) is 9.59 Å². The summed E-state index contributed by atoms with van der Waals surface area (Å²) in [6, 6.07) is 5.55. The number of imide groups is 1. The maximum atomic E-state index is 12.9. The van der Waals surface area contributed by atoms with E-state index < -0.39 is 23.0 Å². The number of nitrogens with zero attached hydrogens (tertiary/aromatic N) is 1. The Labute approximate surface area is 137 Å². The molecule has 0 saturated carbocycles. The van der Waals surface area contributed by atoms with Crippen molar-refractivity contribution in [1.82, 2.24) is 0 Å². The van der Waals surface area contributed by atoms with Crippen LogP contribution >= 0.6 is 15.9 Å². The lowest BCUT2D eigenvalue weighted by Crippen LogP contribution is -2.39. The van der Waals surface area contributed by atoms with Gasteiger partial charge in [0.05, 0.1) is 28.7 Å². The lowest BCUT2D eigenvalue weighted by molar-refractivity contribution is -0.128. The van der Waals surface area contributed by atoms with E-state index in [2.05, 4.69) is 15.9 Å². The molecular weight excluding hydrogens is 346 g/mol. The Bertz CT molecular complexity index is 722. The van der Waals surface area contributed by atoms with E-state index in [1.54, 1.807) is 0 Å². The third-order valence-electron chi connectivity index (χ3n) is 5.14. The molecule has 3 aliphatic heterocycles. The molecule has 4 atom stereocenters. The van der Waals surface area contributed by atoms with Crippen LogP contribution in [0.3, 0.4) is 0 Å². The molecule has 3 heterocycles. The highest BCUT2D eigenvalue weighted by atomic mass is 79.9. The molecule has 2 fully saturated rings. The molecule has 1 aromatic rings.